The molecule has 4 rings (SSSR count). The van der Waals surface area contributed by atoms with Gasteiger partial charge in [0.2, 0.25) is 0 Å². The Balaban J connectivity index is 1.24. The van der Waals surface area contributed by atoms with Crippen molar-refractivity contribution < 1.29 is 18.7 Å². The second-order valence-corrected chi connectivity index (χ2v) is 6.63. The highest BCUT2D eigenvalue weighted by Gasteiger charge is 2.32. The summed E-state index contributed by atoms with van der Waals surface area (Å²) in [6.07, 6.45) is 1.87. The number of amides is 2. The van der Waals surface area contributed by atoms with Gasteiger partial charge in [0.05, 0.1) is 19.7 Å². The lowest BCUT2D eigenvalue weighted by molar-refractivity contribution is 0.0418. The number of benzene rings is 2. The van der Waals surface area contributed by atoms with Crippen molar-refractivity contribution in [3.05, 3.63) is 59.4 Å². The lowest BCUT2D eigenvalue weighted by Gasteiger charge is -2.38. The minimum Gasteiger partial charge on any atom is -0.493 e. The average molecular weight is 356 g/mol. The molecular formula is C20H21FN2O3. The molecule has 0 aliphatic carbocycles. The maximum atomic E-state index is 13.6. The molecule has 0 unspecified atom stereocenters. The number of nitrogens with one attached hydrogen (secondary N) is 1. The molecule has 1 fully saturated rings. The van der Waals surface area contributed by atoms with E-state index in [1.54, 1.807) is 23.1 Å². The molecule has 2 aliphatic heterocycles. The number of carbonyl (C=O) groups is 1. The Morgan fingerprint density at radius 3 is 2.96 bits per heavy atom. The molecule has 1 N–H and O–H groups in total. The van der Waals surface area contributed by atoms with Crippen LogP contribution in [0.25, 0.3) is 0 Å². The van der Waals surface area contributed by atoms with Crippen LogP contribution >= 0.6 is 0 Å². The van der Waals surface area contributed by atoms with Gasteiger partial charge in [0.1, 0.15) is 11.9 Å². The molecule has 0 bridgehead atoms. The van der Waals surface area contributed by atoms with E-state index < -0.39 is 0 Å². The summed E-state index contributed by atoms with van der Waals surface area (Å²) in [5.74, 6) is 0.794. The van der Waals surface area contributed by atoms with Gasteiger partial charge in [-0.2, -0.15) is 0 Å². The van der Waals surface area contributed by atoms with Crippen LogP contribution in [-0.2, 0) is 13.0 Å². The van der Waals surface area contributed by atoms with Gasteiger partial charge < -0.3 is 19.7 Å². The highest BCUT2D eigenvalue weighted by Crippen LogP contribution is 2.25. The number of rotatable bonds is 4. The van der Waals surface area contributed by atoms with Crippen LogP contribution in [0.1, 0.15) is 17.5 Å². The first-order chi connectivity index (χ1) is 12.7. The van der Waals surface area contributed by atoms with Gasteiger partial charge in [-0.25, -0.2) is 9.18 Å². The number of halogens is 1. The lowest BCUT2D eigenvalue weighted by atomic mass is 10.0. The summed E-state index contributed by atoms with van der Waals surface area (Å²) in [6, 6.07) is 12.2. The lowest BCUT2D eigenvalue weighted by Crippen LogP contribution is -2.58. The van der Waals surface area contributed by atoms with E-state index in [-0.39, 0.29) is 23.7 Å². The normalized spacial score (nSPS) is 16.3. The molecule has 5 nitrogen and oxygen atoms in total. The smallest absolute Gasteiger partial charge is 0.317 e. The molecule has 0 saturated carbocycles. The van der Waals surface area contributed by atoms with Crippen molar-refractivity contribution in [1.82, 2.24) is 10.2 Å². The van der Waals surface area contributed by atoms with Gasteiger partial charge in [0.15, 0.2) is 11.6 Å². The Morgan fingerprint density at radius 1 is 1.27 bits per heavy atom. The maximum Gasteiger partial charge on any atom is 0.317 e. The first-order valence-electron chi connectivity index (χ1n) is 8.87. The molecule has 0 atom stereocenters. The molecule has 0 spiro atoms. The van der Waals surface area contributed by atoms with Crippen molar-refractivity contribution in [1.29, 1.82) is 0 Å². The van der Waals surface area contributed by atoms with Crippen molar-refractivity contribution >= 4 is 6.03 Å². The summed E-state index contributed by atoms with van der Waals surface area (Å²) in [5, 5.41) is 2.92. The molecule has 26 heavy (non-hydrogen) atoms. The number of carbonyl (C=O) groups excluding carboxylic acids is 1. The van der Waals surface area contributed by atoms with Crippen LogP contribution in [0.15, 0.2) is 42.5 Å². The SMILES string of the molecule is O=C(NCc1ccc2c(c1)CCCO2)N1CC(Oc2ccccc2F)C1. The number of fused-ring (bicyclic) bond motifs is 1. The Morgan fingerprint density at radius 2 is 2.12 bits per heavy atom. The largest absolute Gasteiger partial charge is 0.493 e. The molecule has 2 amide bonds. The van der Waals surface area contributed by atoms with Crippen LogP contribution in [0.2, 0.25) is 0 Å². The zero-order valence-corrected chi connectivity index (χ0v) is 14.4. The highest BCUT2D eigenvalue weighted by atomic mass is 19.1. The van der Waals surface area contributed by atoms with E-state index in [1.807, 2.05) is 12.1 Å². The average Bonchev–Trinajstić information content (AvgIpc) is 2.63. The van der Waals surface area contributed by atoms with Gasteiger partial charge in [0, 0.05) is 6.54 Å². The number of para-hydroxylation sites is 1. The summed E-state index contributed by atoms with van der Waals surface area (Å²) in [5.41, 5.74) is 2.26. The molecule has 1 saturated heterocycles. The van der Waals surface area contributed by atoms with Crippen LogP contribution in [0.5, 0.6) is 11.5 Å². The Labute approximate surface area is 151 Å². The Bertz CT molecular complexity index is 805. The van der Waals surface area contributed by atoms with Gasteiger partial charge in [-0.1, -0.05) is 24.3 Å². The third-order valence-corrected chi connectivity index (χ3v) is 4.68. The van der Waals surface area contributed by atoms with E-state index >= 15 is 0 Å². The number of hydrogen-bond donors (Lipinski definition) is 1. The molecule has 2 heterocycles. The van der Waals surface area contributed by atoms with E-state index in [9.17, 15) is 9.18 Å². The summed E-state index contributed by atoms with van der Waals surface area (Å²) >= 11 is 0. The third-order valence-electron chi connectivity index (χ3n) is 4.68. The van der Waals surface area contributed by atoms with Gasteiger partial charge in [0.25, 0.3) is 0 Å². The van der Waals surface area contributed by atoms with Crippen molar-refractivity contribution in [3.8, 4) is 11.5 Å². The molecule has 0 aromatic heterocycles. The fraction of sp³-hybridized carbons (Fsp3) is 0.350. The first kappa shape index (κ1) is 16.7. The third kappa shape index (κ3) is 3.59. The maximum absolute atomic E-state index is 13.6. The van der Waals surface area contributed by atoms with Crippen LogP contribution in [-0.4, -0.2) is 36.7 Å². The highest BCUT2D eigenvalue weighted by molar-refractivity contribution is 5.75. The van der Waals surface area contributed by atoms with E-state index in [1.165, 1.54) is 11.6 Å². The van der Waals surface area contributed by atoms with Crippen molar-refractivity contribution in [3.63, 3.8) is 0 Å². The minimum absolute atomic E-state index is 0.132. The van der Waals surface area contributed by atoms with E-state index in [4.69, 9.17) is 9.47 Å². The van der Waals surface area contributed by atoms with Crippen LogP contribution < -0.4 is 14.8 Å². The van der Waals surface area contributed by atoms with Crippen LogP contribution in [0.4, 0.5) is 9.18 Å². The number of urea groups is 1. The zero-order chi connectivity index (χ0) is 17.9. The fourth-order valence-corrected chi connectivity index (χ4v) is 3.21. The Kier molecular flexibility index (Phi) is 4.65. The molecule has 2 aromatic rings. The second-order valence-electron chi connectivity index (χ2n) is 6.63. The molecule has 2 aromatic carbocycles. The van der Waals surface area contributed by atoms with Crippen molar-refractivity contribution in [2.45, 2.75) is 25.5 Å². The number of nitrogens with zero attached hydrogens (tertiary/aromatic N) is 1. The van der Waals surface area contributed by atoms with Crippen molar-refractivity contribution in [2.24, 2.45) is 0 Å². The van der Waals surface area contributed by atoms with Crippen LogP contribution in [0.3, 0.4) is 0 Å². The number of likely N-dealkylation sites (tertiary alicyclic amines) is 1. The van der Waals surface area contributed by atoms with E-state index in [2.05, 4.69) is 11.4 Å². The van der Waals surface area contributed by atoms with Gasteiger partial charge >= 0.3 is 6.03 Å². The van der Waals surface area contributed by atoms with Gasteiger partial charge in [-0.05, 0) is 42.2 Å². The van der Waals surface area contributed by atoms with Gasteiger partial charge in [-0.15, -0.1) is 0 Å². The summed E-state index contributed by atoms with van der Waals surface area (Å²) in [6.45, 7) is 2.16. The molecular weight excluding hydrogens is 335 g/mol. The fourth-order valence-electron chi connectivity index (χ4n) is 3.21. The summed E-state index contributed by atoms with van der Waals surface area (Å²) < 4.78 is 24.7. The number of hydrogen-bond acceptors (Lipinski definition) is 3. The summed E-state index contributed by atoms with van der Waals surface area (Å²) in [4.78, 5) is 13.9. The first-order valence-corrected chi connectivity index (χ1v) is 8.87. The Hall–Kier alpha value is -2.76. The summed E-state index contributed by atoms with van der Waals surface area (Å²) in [7, 11) is 0. The predicted octanol–water partition coefficient (Wildman–Crippen LogP) is 3.12. The zero-order valence-electron chi connectivity index (χ0n) is 14.4. The molecule has 6 heteroatoms. The number of ether oxygens (including phenoxy) is 2. The second kappa shape index (κ2) is 7.23. The molecule has 0 radical (unpaired) electrons. The monoisotopic (exact) mass is 356 g/mol. The van der Waals surface area contributed by atoms with E-state index in [0.717, 1.165) is 30.8 Å². The van der Waals surface area contributed by atoms with E-state index in [0.29, 0.717) is 19.6 Å². The number of aryl methyl sites for hydroxylation is 1. The standard InChI is InChI=1S/C20H21FN2O3/c21-17-5-1-2-6-19(17)26-16-12-23(13-16)20(24)22-11-14-7-8-18-15(10-14)4-3-9-25-18/h1-2,5-8,10,16H,3-4,9,11-13H2,(H,22,24). The van der Waals surface area contributed by atoms with Crippen LogP contribution in [0, 0.1) is 5.82 Å². The minimum atomic E-state index is -0.383. The van der Waals surface area contributed by atoms with Crippen molar-refractivity contribution in [2.75, 3.05) is 19.7 Å². The molecule has 136 valence electrons. The predicted molar refractivity (Wildman–Crippen MR) is 94.9 cm³/mol. The molecule has 2 aliphatic rings. The quantitative estimate of drug-likeness (QED) is 0.916. The van der Waals surface area contributed by atoms with Gasteiger partial charge in [-0.3, -0.25) is 0 Å². The topological polar surface area (TPSA) is 50.8 Å².